The summed E-state index contributed by atoms with van der Waals surface area (Å²) in [6, 6.07) is 20.9. The summed E-state index contributed by atoms with van der Waals surface area (Å²) in [5.41, 5.74) is 3.80. The van der Waals surface area contributed by atoms with Gasteiger partial charge in [0.1, 0.15) is 12.6 Å². The second-order valence-corrected chi connectivity index (χ2v) is 13.4. The number of aryl methyl sites for hydroxylation is 3. The zero-order valence-corrected chi connectivity index (χ0v) is 26.1. The fourth-order valence-corrected chi connectivity index (χ4v) is 6.00. The van der Waals surface area contributed by atoms with E-state index in [9.17, 15) is 18.0 Å². The normalized spacial score (nSPS) is 12.5. The molecule has 0 radical (unpaired) electrons. The van der Waals surface area contributed by atoms with Gasteiger partial charge in [0.2, 0.25) is 11.8 Å². The minimum Gasteiger partial charge on any atom is -0.350 e. The van der Waals surface area contributed by atoms with E-state index in [1.165, 1.54) is 4.90 Å². The first kappa shape index (κ1) is 31.9. The molecule has 7 nitrogen and oxygen atoms in total. The number of benzene rings is 3. The molecule has 0 heterocycles. The van der Waals surface area contributed by atoms with Crippen LogP contribution in [0, 0.1) is 20.8 Å². The number of carbonyl (C=O) groups is 2. The van der Waals surface area contributed by atoms with Crippen molar-refractivity contribution in [2.24, 2.45) is 0 Å². The lowest BCUT2D eigenvalue weighted by molar-refractivity contribution is -0.140. The highest BCUT2D eigenvalue weighted by Gasteiger charge is 2.34. The molecule has 0 bridgehead atoms. The molecule has 0 saturated heterocycles. The Morgan fingerprint density at radius 3 is 2.07 bits per heavy atom. The molecule has 0 aliphatic rings. The number of amides is 2. The number of nitrogens with zero attached hydrogens (tertiary/aromatic N) is 2. The van der Waals surface area contributed by atoms with E-state index in [0.717, 1.165) is 26.6 Å². The van der Waals surface area contributed by atoms with E-state index in [1.54, 1.807) is 36.4 Å². The molecule has 41 heavy (non-hydrogen) atoms. The molecule has 0 aliphatic carbocycles. The molecular formula is C33H43N3O4S. The van der Waals surface area contributed by atoms with Crippen LogP contribution in [0.25, 0.3) is 0 Å². The van der Waals surface area contributed by atoms with Gasteiger partial charge in [-0.15, -0.1) is 0 Å². The Morgan fingerprint density at radius 2 is 1.51 bits per heavy atom. The first-order valence-electron chi connectivity index (χ1n) is 14.0. The van der Waals surface area contributed by atoms with E-state index in [0.29, 0.717) is 18.5 Å². The lowest BCUT2D eigenvalue weighted by atomic mass is 10.1. The van der Waals surface area contributed by atoms with Gasteiger partial charge >= 0.3 is 0 Å². The van der Waals surface area contributed by atoms with Gasteiger partial charge in [-0.1, -0.05) is 61.0 Å². The average molecular weight is 578 g/mol. The quantitative estimate of drug-likeness (QED) is 0.323. The van der Waals surface area contributed by atoms with Crippen molar-refractivity contribution in [1.82, 2.24) is 10.2 Å². The van der Waals surface area contributed by atoms with E-state index < -0.39 is 34.1 Å². The molecule has 2 amide bonds. The molecule has 220 valence electrons. The summed E-state index contributed by atoms with van der Waals surface area (Å²) < 4.78 is 29.2. The van der Waals surface area contributed by atoms with Crippen molar-refractivity contribution in [2.45, 2.75) is 77.8 Å². The van der Waals surface area contributed by atoms with Crippen LogP contribution in [0.1, 0.15) is 56.4 Å². The molecule has 0 saturated carbocycles. The third kappa shape index (κ3) is 8.43. The lowest BCUT2D eigenvalue weighted by Crippen LogP contribution is -2.56. The van der Waals surface area contributed by atoms with Crippen LogP contribution in [-0.4, -0.2) is 49.8 Å². The molecule has 0 unspecified atom stereocenters. The van der Waals surface area contributed by atoms with Crippen molar-refractivity contribution < 1.29 is 18.0 Å². The van der Waals surface area contributed by atoms with Gasteiger partial charge in [-0.3, -0.25) is 13.9 Å². The lowest BCUT2D eigenvalue weighted by Gasteiger charge is -2.35. The molecular weight excluding hydrogens is 534 g/mol. The molecule has 0 spiro atoms. The molecule has 3 aromatic rings. The topological polar surface area (TPSA) is 86.8 Å². The maximum atomic E-state index is 14.1. The van der Waals surface area contributed by atoms with Crippen LogP contribution in [0.15, 0.2) is 77.7 Å². The number of hydrogen-bond donors (Lipinski definition) is 1. The Hall–Kier alpha value is -3.65. The Balaban J connectivity index is 2.04. The van der Waals surface area contributed by atoms with Gasteiger partial charge in [-0.2, -0.15) is 0 Å². The van der Waals surface area contributed by atoms with Gasteiger partial charge in [0, 0.05) is 12.1 Å². The summed E-state index contributed by atoms with van der Waals surface area (Å²) in [7, 11) is -4.09. The minimum absolute atomic E-state index is 0.0995. The number of sulfonamides is 1. The highest BCUT2D eigenvalue weighted by atomic mass is 32.2. The zero-order chi connectivity index (χ0) is 30.4. The van der Waals surface area contributed by atoms with Crippen LogP contribution in [-0.2, 0) is 26.0 Å². The molecule has 3 aromatic carbocycles. The van der Waals surface area contributed by atoms with E-state index in [1.807, 2.05) is 84.9 Å². The van der Waals surface area contributed by atoms with Gasteiger partial charge in [-0.05, 0) is 95.3 Å². The van der Waals surface area contributed by atoms with Gasteiger partial charge in [-0.25, -0.2) is 8.42 Å². The highest BCUT2D eigenvalue weighted by Crippen LogP contribution is 2.27. The van der Waals surface area contributed by atoms with E-state index in [2.05, 4.69) is 5.32 Å². The minimum atomic E-state index is -4.09. The predicted molar refractivity (Wildman–Crippen MR) is 165 cm³/mol. The van der Waals surface area contributed by atoms with Crippen LogP contribution < -0.4 is 9.62 Å². The fourth-order valence-electron chi connectivity index (χ4n) is 4.60. The largest absolute Gasteiger partial charge is 0.350 e. The monoisotopic (exact) mass is 577 g/mol. The van der Waals surface area contributed by atoms with Crippen LogP contribution in [0.5, 0.6) is 0 Å². The summed E-state index contributed by atoms with van der Waals surface area (Å²) >= 11 is 0. The maximum Gasteiger partial charge on any atom is 0.264 e. The van der Waals surface area contributed by atoms with Gasteiger partial charge in [0.15, 0.2) is 0 Å². The standard InChI is InChI=1S/C33H43N3O4S/c1-8-30(32(38)34-33(5,6)7)35(21-20-27-12-10-9-11-13-27)31(37)23-36(28-17-16-25(3)26(4)22-28)41(39,40)29-18-14-24(2)15-19-29/h9-19,22,30H,8,20-21,23H2,1-7H3,(H,34,38)/t30-/m0/s1. The molecule has 3 rings (SSSR count). The SMILES string of the molecule is CC[C@@H](C(=O)NC(C)(C)C)N(CCc1ccccc1)C(=O)CN(c1ccc(C)c(C)c1)S(=O)(=O)c1ccc(C)cc1. The second-order valence-electron chi connectivity index (χ2n) is 11.6. The summed E-state index contributed by atoms with van der Waals surface area (Å²) in [5, 5.41) is 3.00. The van der Waals surface area contributed by atoms with E-state index >= 15 is 0 Å². The third-order valence-electron chi connectivity index (χ3n) is 7.03. The number of nitrogens with one attached hydrogen (secondary N) is 1. The first-order chi connectivity index (χ1) is 19.2. The molecule has 1 N–H and O–H groups in total. The van der Waals surface area contributed by atoms with Gasteiger partial charge in [0.25, 0.3) is 10.0 Å². The van der Waals surface area contributed by atoms with Crippen molar-refractivity contribution in [1.29, 1.82) is 0 Å². The number of anilines is 1. The van der Waals surface area contributed by atoms with Gasteiger partial charge in [0.05, 0.1) is 10.6 Å². The predicted octanol–water partition coefficient (Wildman–Crippen LogP) is 5.57. The molecule has 0 aliphatic heterocycles. The Kier molecular flexibility index (Phi) is 10.4. The van der Waals surface area contributed by atoms with Crippen molar-refractivity contribution in [2.75, 3.05) is 17.4 Å². The van der Waals surface area contributed by atoms with Crippen LogP contribution in [0.4, 0.5) is 5.69 Å². The van der Waals surface area contributed by atoms with Crippen molar-refractivity contribution in [3.05, 3.63) is 95.1 Å². The van der Waals surface area contributed by atoms with Crippen molar-refractivity contribution in [3.63, 3.8) is 0 Å². The van der Waals surface area contributed by atoms with E-state index in [4.69, 9.17) is 0 Å². The Morgan fingerprint density at radius 1 is 0.878 bits per heavy atom. The van der Waals surface area contributed by atoms with Gasteiger partial charge < -0.3 is 10.2 Å². The highest BCUT2D eigenvalue weighted by molar-refractivity contribution is 7.92. The fraction of sp³-hybridized carbons (Fsp3) is 0.394. The number of rotatable bonds is 11. The molecule has 1 atom stereocenters. The molecule has 0 aromatic heterocycles. The third-order valence-corrected chi connectivity index (χ3v) is 8.82. The number of hydrogen-bond acceptors (Lipinski definition) is 4. The summed E-state index contributed by atoms with van der Waals surface area (Å²) in [4.78, 5) is 29.2. The second kappa shape index (κ2) is 13.3. The van der Waals surface area contributed by atoms with Crippen molar-refractivity contribution in [3.8, 4) is 0 Å². The summed E-state index contributed by atoms with van der Waals surface area (Å²) in [5.74, 6) is -0.703. The summed E-state index contributed by atoms with van der Waals surface area (Å²) in [6.45, 7) is 13.1. The zero-order valence-electron chi connectivity index (χ0n) is 25.3. The number of carbonyl (C=O) groups excluding carboxylic acids is 2. The molecule has 8 heteroatoms. The first-order valence-corrected chi connectivity index (χ1v) is 15.5. The summed E-state index contributed by atoms with van der Waals surface area (Å²) in [6.07, 6.45) is 0.914. The van der Waals surface area contributed by atoms with E-state index in [-0.39, 0.29) is 17.3 Å². The molecule has 0 fully saturated rings. The Bertz CT molecular complexity index is 1450. The van der Waals surface area contributed by atoms with Crippen LogP contribution in [0.2, 0.25) is 0 Å². The maximum absolute atomic E-state index is 14.1. The van der Waals surface area contributed by atoms with Crippen LogP contribution in [0.3, 0.4) is 0 Å². The van der Waals surface area contributed by atoms with Crippen molar-refractivity contribution >= 4 is 27.5 Å². The smallest absolute Gasteiger partial charge is 0.264 e. The average Bonchev–Trinajstić information content (AvgIpc) is 2.90. The van der Waals surface area contributed by atoms with Crippen LogP contribution >= 0.6 is 0 Å². The Labute approximate surface area is 245 Å².